The van der Waals surface area contributed by atoms with E-state index >= 15 is 0 Å². The van der Waals surface area contributed by atoms with Crippen LogP contribution in [0.4, 0.5) is 0 Å². The van der Waals surface area contributed by atoms with Crippen molar-refractivity contribution in [1.29, 1.82) is 0 Å². The first-order valence-electron chi connectivity index (χ1n) is 4.33. The molecule has 1 N–H and O–H groups in total. The van der Waals surface area contributed by atoms with E-state index in [0.717, 1.165) is 19.3 Å². The van der Waals surface area contributed by atoms with Gasteiger partial charge in [-0.25, -0.2) is 4.21 Å². The summed E-state index contributed by atoms with van der Waals surface area (Å²) in [6.07, 6.45) is 3.59. The van der Waals surface area contributed by atoms with E-state index in [0.29, 0.717) is 12.8 Å². The van der Waals surface area contributed by atoms with E-state index in [1.807, 2.05) is 0 Å². The summed E-state index contributed by atoms with van der Waals surface area (Å²) in [5.74, 6) is -0.548. The lowest BCUT2D eigenvalue weighted by Gasteiger charge is -2.30. The minimum atomic E-state index is -2.12. The predicted molar refractivity (Wildman–Crippen MR) is 48.6 cm³/mol. The van der Waals surface area contributed by atoms with Crippen molar-refractivity contribution in [1.82, 2.24) is 0 Å². The Hall–Kier alpha value is -0.420. The van der Waals surface area contributed by atoms with E-state index in [-0.39, 0.29) is 0 Å². The van der Waals surface area contributed by atoms with Crippen molar-refractivity contribution in [2.75, 3.05) is 7.11 Å². The van der Waals surface area contributed by atoms with Gasteiger partial charge < -0.3 is 9.29 Å². The van der Waals surface area contributed by atoms with Gasteiger partial charge in [0, 0.05) is 0 Å². The maximum atomic E-state index is 11.4. The van der Waals surface area contributed by atoms with Crippen molar-refractivity contribution in [2.24, 2.45) is 0 Å². The monoisotopic (exact) mass is 206 g/mol. The number of hydrogen-bond donors (Lipinski definition) is 1. The Bertz CT molecular complexity index is 220. The van der Waals surface area contributed by atoms with Crippen LogP contribution in [0.5, 0.6) is 0 Å². The molecule has 1 atom stereocenters. The van der Waals surface area contributed by atoms with Gasteiger partial charge in [-0.05, 0) is 12.8 Å². The van der Waals surface area contributed by atoms with Gasteiger partial charge in [0.2, 0.25) is 0 Å². The van der Waals surface area contributed by atoms with Gasteiger partial charge in [0.1, 0.15) is 0 Å². The van der Waals surface area contributed by atoms with Gasteiger partial charge in [-0.1, -0.05) is 19.3 Å². The summed E-state index contributed by atoms with van der Waals surface area (Å²) in [6.45, 7) is 0. The second-order valence-corrected chi connectivity index (χ2v) is 4.58. The molecule has 1 aliphatic rings. The molecule has 0 aliphatic heterocycles. The van der Waals surface area contributed by atoms with Gasteiger partial charge in [-0.3, -0.25) is 4.79 Å². The van der Waals surface area contributed by atoms with Gasteiger partial charge in [-0.2, -0.15) is 0 Å². The molecule has 4 nitrogen and oxygen atoms in total. The van der Waals surface area contributed by atoms with Gasteiger partial charge in [0.15, 0.2) is 15.8 Å². The second-order valence-electron chi connectivity index (χ2n) is 3.30. The predicted octanol–water partition coefficient (Wildman–Crippen LogP) is 1.08. The number of rotatable bonds is 2. The van der Waals surface area contributed by atoms with Crippen molar-refractivity contribution >= 4 is 17.0 Å². The molecule has 0 bridgehead atoms. The van der Waals surface area contributed by atoms with Gasteiger partial charge in [-0.15, -0.1) is 0 Å². The second kappa shape index (κ2) is 4.19. The highest BCUT2D eigenvalue weighted by atomic mass is 32.2. The van der Waals surface area contributed by atoms with E-state index < -0.39 is 21.8 Å². The topological polar surface area (TPSA) is 63.6 Å². The summed E-state index contributed by atoms with van der Waals surface area (Å²) in [5, 5.41) is 0. The van der Waals surface area contributed by atoms with E-state index in [9.17, 15) is 9.00 Å². The molecule has 0 aromatic heterocycles. The SMILES string of the molecule is COC(=O)C1(S(=O)O)CCCCC1. The third-order valence-electron chi connectivity index (χ3n) is 2.55. The molecular weight excluding hydrogens is 192 g/mol. The zero-order chi connectivity index (χ0) is 9.90. The summed E-state index contributed by atoms with van der Waals surface area (Å²) < 4.78 is 23.6. The molecule has 1 fully saturated rings. The van der Waals surface area contributed by atoms with Crippen molar-refractivity contribution in [3.63, 3.8) is 0 Å². The largest absolute Gasteiger partial charge is 0.468 e. The van der Waals surface area contributed by atoms with Crippen LogP contribution in [0.1, 0.15) is 32.1 Å². The van der Waals surface area contributed by atoms with Crippen LogP contribution in [0.25, 0.3) is 0 Å². The zero-order valence-electron chi connectivity index (χ0n) is 7.62. The summed E-state index contributed by atoms with van der Waals surface area (Å²) in [4.78, 5) is 11.4. The molecule has 0 saturated heterocycles. The molecule has 1 aliphatic carbocycles. The van der Waals surface area contributed by atoms with Gasteiger partial charge >= 0.3 is 5.97 Å². The summed E-state index contributed by atoms with van der Waals surface area (Å²) in [5.41, 5.74) is 0. The van der Waals surface area contributed by atoms with E-state index in [4.69, 9.17) is 4.55 Å². The highest BCUT2D eigenvalue weighted by Gasteiger charge is 2.46. The van der Waals surface area contributed by atoms with Crippen molar-refractivity contribution in [3.05, 3.63) is 0 Å². The van der Waals surface area contributed by atoms with Crippen LogP contribution in [0.2, 0.25) is 0 Å². The summed E-state index contributed by atoms with van der Waals surface area (Å²) in [7, 11) is 1.26. The number of ether oxygens (including phenoxy) is 1. The molecule has 0 spiro atoms. The van der Waals surface area contributed by atoms with E-state index in [1.165, 1.54) is 7.11 Å². The quantitative estimate of drug-likeness (QED) is 0.542. The average Bonchev–Trinajstić information content (AvgIpc) is 2.17. The lowest BCUT2D eigenvalue weighted by atomic mass is 9.88. The van der Waals surface area contributed by atoms with Crippen LogP contribution < -0.4 is 0 Å². The van der Waals surface area contributed by atoms with Gasteiger partial charge in [0.05, 0.1) is 7.11 Å². The average molecular weight is 206 g/mol. The maximum Gasteiger partial charge on any atom is 0.327 e. The molecule has 0 aromatic rings. The Balaban J connectivity index is 2.85. The minimum absolute atomic E-state index is 0.461. The summed E-state index contributed by atoms with van der Waals surface area (Å²) in [6, 6.07) is 0. The Labute approximate surface area is 79.9 Å². The van der Waals surface area contributed by atoms with Crippen LogP contribution in [0.15, 0.2) is 0 Å². The van der Waals surface area contributed by atoms with Crippen LogP contribution in [0.3, 0.4) is 0 Å². The molecule has 13 heavy (non-hydrogen) atoms. The zero-order valence-corrected chi connectivity index (χ0v) is 8.43. The highest BCUT2D eigenvalue weighted by Crippen LogP contribution is 2.33. The number of hydrogen-bond acceptors (Lipinski definition) is 3. The Kier molecular flexibility index (Phi) is 3.44. The fourth-order valence-electron chi connectivity index (χ4n) is 1.76. The van der Waals surface area contributed by atoms with Crippen LogP contribution in [-0.2, 0) is 20.6 Å². The first-order valence-corrected chi connectivity index (χ1v) is 5.43. The van der Waals surface area contributed by atoms with Crippen LogP contribution >= 0.6 is 0 Å². The first kappa shape index (κ1) is 10.7. The molecule has 1 saturated carbocycles. The molecule has 0 heterocycles. The Morgan fingerprint density at radius 1 is 1.38 bits per heavy atom. The molecule has 0 aromatic carbocycles. The van der Waals surface area contributed by atoms with Crippen molar-refractivity contribution in [2.45, 2.75) is 36.9 Å². The fourth-order valence-corrected chi connectivity index (χ4v) is 2.62. The number of methoxy groups -OCH3 is 1. The summed E-state index contributed by atoms with van der Waals surface area (Å²) >= 11 is -2.12. The molecule has 1 rings (SSSR count). The molecule has 0 radical (unpaired) electrons. The third-order valence-corrected chi connectivity index (χ3v) is 3.80. The standard InChI is InChI=1S/C8H14O4S/c1-12-7(9)8(13(10)11)5-3-2-4-6-8/h2-6H2,1H3,(H,10,11). The van der Waals surface area contributed by atoms with Crippen molar-refractivity contribution < 1.29 is 18.3 Å². The molecule has 5 heteroatoms. The molecule has 76 valence electrons. The Morgan fingerprint density at radius 2 is 1.92 bits per heavy atom. The lowest BCUT2D eigenvalue weighted by molar-refractivity contribution is -0.144. The first-order chi connectivity index (χ1) is 6.13. The van der Waals surface area contributed by atoms with E-state index in [1.54, 1.807) is 0 Å². The van der Waals surface area contributed by atoms with Crippen molar-refractivity contribution in [3.8, 4) is 0 Å². The lowest BCUT2D eigenvalue weighted by Crippen LogP contribution is -2.45. The third kappa shape index (κ3) is 1.91. The maximum absolute atomic E-state index is 11.4. The van der Waals surface area contributed by atoms with Crippen LogP contribution in [0, 0.1) is 0 Å². The van der Waals surface area contributed by atoms with E-state index in [2.05, 4.69) is 4.74 Å². The molecule has 0 amide bonds. The highest BCUT2D eigenvalue weighted by molar-refractivity contribution is 7.81. The van der Waals surface area contributed by atoms with Crippen LogP contribution in [-0.4, -0.2) is 26.6 Å². The minimum Gasteiger partial charge on any atom is -0.468 e. The number of carbonyl (C=O) groups is 1. The smallest absolute Gasteiger partial charge is 0.327 e. The fraction of sp³-hybridized carbons (Fsp3) is 0.875. The molecular formula is C8H14O4S. The van der Waals surface area contributed by atoms with Gasteiger partial charge in [0.25, 0.3) is 0 Å². The number of carbonyl (C=O) groups excluding carboxylic acids is 1. The Morgan fingerprint density at radius 3 is 2.31 bits per heavy atom. The number of esters is 1. The molecule has 1 unspecified atom stereocenters. The normalized spacial score (nSPS) is 23.5.